The Hall–Kier alpha value is -1.55. The summed E-state index contributed by atoms with van der Waals surface area (Å²) in [5.74, 6) is -0.397. The van der Waals surface area contributed by atoms with E-state index in [9.17, 15) is 4.79 Å². The van der Waals surface area contributed by atoms with Crippen molar-refractivity contribution in [2.75, 3.05) is 5.43 Å². The molecule has 0 saturated heterocycles. The number of carbonyl (C=O) groups excluding carboxylic acids is 1. The summed E-state index contributed by atoms with van der Waals surface area (Å²) in [6.45, 7) is 0.786. The van der Waals surface area contributed by atoms with Gasteiger partial charge in [-0.2, -0.15) is 0 Å². The van der Waals surface area contributed by atoms with Crippen LogP contribution in [0.25, 0.3) is 0 Å². The molecule has 4 N–H and O–H groups in total. The minimum Gasteiger partial charge on any atom is -0.366 e. The molecule has 62 valence electrons. The van der Waals surface area contributed by atoms with Crippen LogP contribution in [0, 0.1) is 0 Å². The lowest BCUT2D eigenvalue weighted by atomic mass is 10.1. The summed E-state index contributed by atoms with van der Waals surface area (Å²) in [6.07, 6.45) is 0. The Kier molecular flexibility index (Phi) is 1.48. The number of anilines is 1. The summed E-state index contributed by atoms with van der Waals surface area (Å²) < 4.78 is 0. The second kappa shape index (κ2) is 2.49. The summed E-state index contributed by atoms with van der Waals surface area (Å²) in [5.41, 5.74) is 13.6. The molecule has 0 saturated carbocycles. The number of rotatable bonds is 1. The predicted molar refractivity (Wildman–Crippen MR) is 45.4 cm³/mol. The van der Waals surface area contributed by atoms with E-state index in [-0.39, 0.29) is 0 Å². The van der Waals surface area contributed by atoms with E-state index in [1.807, 2.05) is 6.07 Å². The van der Waals surface area contributed by atoms with Gasteiger partial charge in [-0.3, -0.25) is 4.79 Å². The molecule has 1 aromatic rings. The zero-order chi connectivity index (χ0) is 8.55. The van der Waals surface area contributed by atoms with Crippen LogP contribution < -0.4 is 16.6 Å². The second-order valence-corrected chi connectivity index (χ2v) is 2.71. The molecule has 2 rings (SSSR count). The number of benzene rings is 1. The molecule has 0 fully saturated rings. The van der Waals surface area contributed by atoms with Crippen molar-refractivity contribution in [2.45, 2.75) is 6.54 Å². The van der Waals surface area contributed by atoms with Crippen LogP contribution in [0.3, 0.4) is 0 Å². The molecule has 4 nitrogen and oxygen atoms in total. The molecule has 1 aliphatic rings. The van der Waals surface area contributed by atoms with E-state index in [4.69, 9.17) is 5.73 Å². The van der Waals surface area contributed by atoms with Crippen molar-refractivity contribution >= 4 is 11.6 Å². The summed E-state index contributed by atoms with van der Waals surface area (Å²) in [7, 11) is 0. The number of primary amides is 1. The fraction of sp³-hybridized carbons (Fsp3) is 0.125. The molecule has 4 heteroatoms. The molecule has 0 aliphatic carbocycles. The number of hydrogen-bond donors (Lipinski definition) is 3. The van der Waals surface area contributed by atoms with Gasteiger partial charge in [0.2, 0.25) is 5.91 Å². The lowest BCUT2D eigenvalue weighted by molar-refractivity contribution is 0.100. The van der Waals surface area contributed by atoms with Gasteiger partial charge in [0.05, 0.1) is 5.69 Å². The van der Waals surface area contributed by atoms with Gasteiger partial charge in [0, 0.05) is 12.1 Å². The van der Waals surface area contributed by atoms with Crippen molar-refractivity contribution in [3.05, 3.63) is 29.3 Å². The lowest BCUT2D eigenvalue weighted by Gasteiger charge is -1.99. The third-order valence-corrected chi connectivity index (χ3v) is 1.90. The quantitative estimate of drug-likeness (QED) is 0.554. The summed E-state index contributed by atoms with van der Waals surface area (Å²) >= 11 is 0. The first-order valence-corrected chi connectivity index (χ1v) is 3.69. The zero-order valence-corrected chi connectivity index (χ0v) is 6.42. The Balaban J connectivity index is 2.45. The van der Waals surface area contributed by atoms with Gasteiger partial charge in [-0.25, -0.2) is 5.43 Å². The molecule has 1 amide bonds. The van der Waals surface area contributed by atoms with Crippen molar-refractivity contribution < 1.29 is 4.79 Å². The van der Waals surface area contributed by atoms with Gasteiger partial charge >= 0.3 is 0 Å². The first-order chi connectivity index (χ1) is 5.77. The normalized spacial score (nSPS) is 13.7. The maximum Gasteiger partial charge on any atom is 0.248 e. The average Bonchev–Trinajstić information content (AvgIpc) is 2.49. The lowest BCUT2D eigenvalue weighted by Crippen LogP contribution is -2.12. The Labute approximate surface area is 69.7 Å². The first kappa shape index (κ1) is 7.12. The van der Waals surface area contributed by atoms with E-state index in [2.05, 4.69) is 10.9 Å². The van der Waals surface area contributed by atoms with Crippen molar-refractivity contribution in [2.24, 2.45) is 5.73 Å². The average molecular weight is 163 g/mol. The van der Waals surface area contributed by atoms with Crippen LogP contribution in [0.5, 0.6) is 0 Å². The molecule has 0 aromatic heterocycles. The van der Waals surface area contributed by atoms with E-state index in [0.717, 1.165) is 17.8 Å². The minimum absolute atomic E-state index is 0.397. The van der Waals surface area contributed by atoms with Crippen LogP contribution in [0.15, 0.2) is 18.2 Å². The Morgan fingerprint density at radius 3 is 3.08 bits per heavy atom. The summed E-state index contributed by atoms with van der Waals surface area (Å²) in [4.78, 5) is 10.8. The molecule has 0 atom stereocenters. The highest BCUT2D eigenvalue weighted by Crippen LogP contribution is 2.20. The zero-order valence-electron chi connectivity index (χ0n) is 6.42. The van der Waals surface area contributed by atoms with Crippen LogP contribution in [0.2, 0.25) is 0 Å². The summed E-state index contributed by atoms with van der Waals surface area (Å²) in [6, 6.07) is 5.37. The number of hydrogen-bond acceptors (Lipinski definition) is 3. The number of amides is 1. The third kappa shape index (κ3) is 1.02. The van der Waals surface area contributed by atoms with Gasteiger partial charge in [0.15, 0.2) is 0 Å². The topological polar surface area (TPSA) is 67.2 Å². The second-order valence-electron chi connectivity index (χ2n) is 2.71. The van der Waals surface area contributed by atoms with Gasteiger partial charge in [-0.1, -0.05) is 6.07 Å². The largest absolute Gasteiger partial charge is 0.366 e. The van der Waals surface area contributed by atoms with Crippen LogP contribution in [0.1, 0.15) is 15.9 Å². The molecule has 1 heterocycles. The third-order valence-electron chi connectivity index (χ3n) is 1.90. The fourth-order valence-electron chi connectivity index (χ4n) is 1.23. The van der Waals surface area contributed by atoms with E-state index in [1.165, 1.54) is 0 Å². The first-order valence-electron chi connectivity index (χ1n) is 3.69. The highest BCUT2D eigenvalue weighted by Gasteiger charge is 2.10. The maximum absolute atomic E-state index is 10.8. The Morgan fingerprint density at radius 2 is 2.33 bits per heavy atom. The number of fused-ring (bicyclic) bond motifs is 1. The Morgan fingerprint density at radius 1 is 1.50 bits per heavy atom. The van der Waals surface area contributed by atoms with Gasteiger partial charge in [-0.15, -0.1) is 0 Å². The van der Waals surface area contributed by atoms with E-state index < -0.39 is 5.91 Å². The number of nitrogens with two attached hydrogens (primary N) is 1. The SMILES string of the molecule is NC(=O)c1ccc2c(c1)NNC2. The standard InChI is InChI=1S/C8H9N3O/c9-8(12)5-1-2-6-4-10-11-7(6)3-5/h1-3,10-11H,4H2,(H2,9,12). The molecule has 1 aromatic carbocycles. The fourth-order valence-corrected chi connectivity index (χ4v) is 1.23. The van der Waals surface area contributed by atoms with E-state index >= 15 is 0 Å². The number of carbonyl (C=O) groups is 1. The van der Waals surface area contributed by atoms with Crippen LogP contribution in [0.4, 0.5) is 5.69 Å². The number of nitrogens with one attached hydrogen (secondary N) is 2. The summed E-state index contributed by atoms with van der Waals surface area (Å²) in [5, 5.41) is 0. The molecule has 1 aliphatic heterocycles. The minimum atomic E-state index is -0.397. The van der Waals surface area contributed by atoms with Crippen molar-refractivity contribution in [3.8, 4) is 0 Å². The van der Waals surface area contributed by atoms with Gasteiger partial charge < -0.3 is 11.2 Å². The molecular formula is C8H9N3O. The molecule has 0 bridgehead atoms. The maximum atomic E-state index is 10.8. The highest BCUT2D eigenvalue weighted by atomic mass is 16.1. The smallest absolute Gasteiger partial charge is 0.248 e. The van der Waals surface area contributed by atoms with Crippen LogP contribution in [-0.4, -0.2) is 5.91 Å². The van der Waals surface area contributed by atoms with Gasteiger partial charge in [0.1, 0.15) is 0 Å². The van der Waals surface area contributed by atoms with Crippen molar-refractivity contribution in [1.82, 2.24) is 5.43 Å². The molecule has 0 radical (unpaired) electrons. The van der Waals surface area contributed by atoms with Crippen molar-refractivity contribution in [1.29, 1.82) is 0 Å². The van der Waals surface area contributed by atoms with E-state index in [1.54, 1.807) is 12.1 Å². The number of hydrazine groups is 1. The van der Waals surface area contributed by atoms with Crippen LogP contribution in [-0.2, 0) is 6.54 Å². The molecule has 0 unspecified atom stereocenters. The highest BCUT2D eigenvalue weighted by molar-refractivity contribution is 5.94. The van der Waals surface area contributed by atoms with Crippen LogP contribution >= 0.6 is 0 Å². The molecule has 0 spiro atoms. The monoisotopic (exact) mass is 163 g/mol. The van der Waals surface area contributed by atoms with Crippen molar-refractivity contribution in [3.63, 3.8) is 0 Å². The van der Waals surface area contributed by atoms with E-state index in [0.29, 0.717) is 5.56 Å². The molecular weight excluding hydrogens is 154 g/mol. The van der Waals surface area contributed by atoms with Gasteiger partial charge in [0.25, 0.3) is 0 Å². The molecule has 12 heavy (non-hydrogen) atoms. The van der Waals surface area contributed by atoms with Gasteiger partial charge in [-0.05, 0) is 17.7 Å². The Bertz CT molecular complexity index is 335. The predicted octanol–water partition coefficient (Wildman–Crippen LogP) is 0.216.